The van der Waals surface area contributed by atoms with Crippen molar-refractivity contribution in [1.82, 2.24) is 0 Å². The molecular formula is C13H20FNO2. The zero-order valence-corrected chi connectivity index (χ0v) is 10.2. The molecule has 0 atom stereocenters. The summed E-state index contributed by atoms with van der Waals surface area (Å²) in [7, 11) is 0. The molecule has 1 aromatic carbocycles. The van der Waals surface area contributed by atoms with E-state index in [9.17, 15) is 4.39 Å². The van der Waals surface area contributed by atoms with E-state index < -0.39 is 0 Å². The van der Waals surface area contributed by atoms with E-state index in [-0.39, 0.29) is 5.82 Å². The average Bonchev–Trinajstić information content (AvgIpc) is 2.32. The predicted molar refractivity (Wildman–Crippen MR) is 65.8 cm³/mol. The lowest BCUT2D eigenvalue weighted by molar-refractivity contribution is 0.0988. The van der Waals surface area contributed by atoms with Crippen LogP contribution in [0.5, 0.6) is 5.75 Å². The van der Waals surface area contributed by atoms with Crippen molar-refractivity contribution in [2.45, 2.75) is 19.8 Å². The van der Waals surface area contributed by atoms with Crippen LogP contribution in [0.2, 0.25) is 0 Å². The van der Waals surface area contributed by atoms with E-state index >= 15 is 0 Å². The molecule has 2 N–H and O–H groups in total. The summed E-state index contributed by atoms with van der Waals surface area (Å²) in [5, 5.41) is 0. The number of halogens is 1. The van der Waals surface area contributed by atoms with Crippen LogP contribution >= 0.6 is 0 Å². The van der Waals surface area contributed by atoms with Crippen molar-refractivity contribution < 1.29 is 13.9 Å². The maximum atomic E-state index is 13.5. The van der Waals surface area contributed by atoms with Gasteiger partial charge in [-0.3, -0.25) is 0 Å². The average molecular weight is 241 g/mol. The molecule has 0 saturated heterocycles. The van der Waals surface area contributed by atoms with E-state index in [1.807, 2.05) is 13.0 Å². The summed E-state index contributed by atoms with van der Waals surface area (Å²) in [6, 6.07) is 4.89. The molecule has 1 aromatic rings. The molecule has 0 spiro atoms. The molecule has 0 saturated carbocycles. The van der Waals surface area contributed by atoms with Crippen LogP contribution in [0.1, 0.15) is 18.9 Å². The molecule has 0 bridgehead atoms. The van der Waals surface area contributed by atoms with Gasteiger partial charge in [0.15, 0.2) is 11.6 Å². The summed E-state index contributed by atoms with van der Waals surface area (Å²) >= 11 is 0. The maximum Gasteiger partial charge on any atom is 0.165 e. The van der Waals surface area contributed by atoms with Crippen molar-refractivity contribution in [3.63, 3.8) is 0 Å². The molecular weight excluding hydrogens is 221 g/mol. The number of ether oxygens (including phenoxy) is 2. The fourth-order valence-electron chi connectivity index (χ4n) is 1.52. The standard InChI is InChI=1S/C13H20FNO2/c1-2-8-16-9-10-17-13-11(6-7-15)4-3-5-12(13)14/h3-5H,2,6-10,15H2,1H3. The molecule has 0 aliphatic heterocycles. The monoisotopic (exact) mass is 241 g/mol. The molecule has 0 fully saturated rings. The molecule has 0 unspecified atom stereocenters. The first kappa shape index (κ1) is 13.9. The highest BCUT2D eigenvalue weighted by Gasteiger charge is 2.08. The second kappa shape index (κ2) is 8.03. The smallest absolute Gasteiger partial charge is 0.165 e. The summed E-state index contributed by atoms with van der Waals surface area (Å²) in [5.41, 5.74) is 6.28. The minimum atomic E-state index is -0.341. The van der Waals surface area contributed by atoms with Crippen LogP contribution in [0.4, 0.5) is 4.39 Å². The van der Waals surface area contributed by atoms with Gasteiger partial charge in [0.1, 0.15) is 6.61 Å². The highest BCUT2D eigenvalue weighted by molar-refractivity contribution is 5.35. The molecule has 4 heteroatoms. The normalized spacial score (nSPS) is 10.5. The van der Waals surface area contributed by atoms with Gasteiger partial charge >= 0.3 is 0 Å². The minimum Gasteiger partial charge on any atom is -0.488 e. The van der Waals surface area contributed by atoms with E-state index in [0.717, 1.165) is 12.0 Å². The molecule has 17 heavy (non-hydrogen) atoms. The van der Waals surface area contributed by atoms with Crippen LogP contribution in [0, 0.1) is 5.82 Å². The summed E-state index contributed by atoms with van der Waals surface area (Å²) in [5.74, 6) is -0.0375. The molecule has 1 rings (SSSR count). The van der Waals surface area contributed by atoms with Gasteiger partial charge in [0.25, 0.3) is 0 Å². The number of nitrogens with two attached hydrogens (primary N) is 1. The summed E-state index contributed by atoms with van der Waals surface area (Å²) in [6.07, 6.45) is 1.58. The molecule has 0 aliphatic rings. The number of rotatable bonds is 8. The van der Waals surface area contributed by atoms with Gasteiger partial charge in [-0.15, -0.1) is 0 Å². The second-order valence-electron chi connectivity index (χ2n) is 3.73. The van der Waals surface area contributed by atoms with Crippen molar-refractivity contribution >= 4 is 0 Å². The van der Waals surface area contributed by atoms with Gasteiger partial charge in [0.05, 0.1) is 6.61 Å². The van der Waals surface area contributed by atoms with Gasteiger partial charge in [0.2, 0.25) is 0 Å². The number of hydrogen-bond acceptors (Lipinski definition) is 3. The molecule has 3 nitrogen and oxygen atoms in total. The number of benzene rings is 1. The lowest BCUT2D eigenvalue weighted by Gasteiger charge is -2.12. The quantitative estimate of drug-likeness (QED) is 0.709. The minimum absolute atomic E-state index is 0.304. The van der Waals surface area contributed by atoms with Crippen LogP contribution < -0.4 is 10.5 Å². The maximum absolute atomic E-state index is 13.5. The van der Waals surface area contributed by atoms with Gasteiger partial charge in [-0.1, -0.05) is 19.1 Å². The first-order valence-electron chi connectivity index (χ1n) is 5.97. The molecule has 96 valence electrons. The third kappa shape index (κ3) is 4.71. The molecule has 0 heterocycles. The second-order valence-corrected chi connectivity index (χ2v) is 3.73. The number of hydrogen-bond donors (Lipinski definition) is 1. The molecule has 0 aliphatic carbocycles. The van der Waals surface area contributed by atoms with Crippen LogP contribution in [0.3, 0.4) is 0 Å². The Balaban J connectivity index is 2.50. The Labute approximate surface area is 102 Å². The highest BCUT2D eigenvalue weighted by Crippen LogP contribution is 2.22. The van der Waals surface area contributed by atoms with E-state index in [0.29, 0.717) is 38.5 Å². The Morgan fingerprint density at radius 2 is 2.06 bits per heavy atom. The van der Waals surface area contributed by atoms with Gasteiger partial charge in [-0.2, -0.15) is 0 Å². The van der Waals surface area contributed by atoms with Crippen LogP contribution in [0.25, 0.3) is 0 Å². The van der Waals surface area contributed by atoms with Gasteiger partial charge < -0.3 is 15.2 Å². The topological polar surface area (TPSA) is 44.5 Å². The van der Waals surface area contributed by atoms with E-state index in [1.165, 1.54) is 6.07 Å². The fraction of sp³-hybridized carbons (Fsp3) is 0.538. The van der Waals surface area contributed by atoms with E-state index in [4.69, 9.17) is 15.2 Å². The third-order valence-electron chi connectivity index (χ3n) is 2.28. The molecule has 0 radical (unpaired) electrons. The van der Waals surface area contributed by atoms with Crippen molar-refractivity contribution in [2.24, 2.45) is 5.73 Å². The Hall–Kier alpha value is -1.13. The summed E-state index contributed by atoms with van der Waals surface area (Å²) in [6.45, 7) is 4.06. The largest absolute Gasteiger partial charge is 0.488 e. The molecule has 0 aromatic heterocycles. The molecule has 0 amide bonds. The first-order valence-corrected chi connectivity index (χ1v) is 5.97. The zero-order chi connectivity index (χ0) is 12.5. The van der Waals surface area contributed by atoms with Crippen LogP contribution in [-0.4, -0.2) is 26.4 Å². The lowest BCUT2D eigenvalue weighted by atomic mass is 10.1. The Kier molecular flexibility index (Phi) is 6.58. The van der Waals surface area contributed by atoms with Gasteiger partial charge in [0, 0.05) is 6.61 Å². The van der Waals surface area contributed by atoms with E-state index in [1.54, 1.807) is 6.07 Å². The Bertz CT molecular complexity index is 331. The van der Waals surface area contributed by atoms with Crippen LogP contribution in [0.15, 0.2) is 18.2 Å². The fourth-order valence-corrected chi connectivity index (χ4v) is 1.52. The van der Waals surface area contributed by atoms with Crippen molar-refractivity contribution in [3.8, 4) is 5.75 Å². The predicted octanol–water partition coefficient (Wildman–Crippen LogP) is 2.13. The summed E-state index contributed by atoms with van der Waals surface area (Å²) in [4.78, 5) is 0. The summed E-state index contributed by atoms with van der Waals surface area (Å²) < 4.78 is 24.2. The SMILES string of the molecule is CCCOCCOc1c(F)cccc1CCN. The van der Waals surface area contributed by atoms with Gasteiger partial charge in [-0.05, 0) is 31.0 Å². The van der Waals surface area contributed by atoms with Gasteiger partial charge in [-0.25, -0.2) is 4.39 Å². The Morgan fingerprint density at radius 1 is 1.24 bits per heavy atom. The third-order valence-corrected chi connectivity index (χ3v) is 2.28. The Morgan fingerprint density at radius 3 is 2.76 bits per heavy atom. The lowest BCUT2D eigenvalue weighted by Crippen LogP contribution is -2.11. The van der Waals surface area contributed by atoms with E-state index in [2.05, 4.69) is 0 Å². The van der Waals surface area contributed by atoms with Crippen molar-refractivity contribution in [1.29, 1.82) is 0 Å². The highest BCUT2D eigenvalue weighted by atomic mass is 19.1. The van der Waals surface area contributed by atoms with Crippen molar-refractivity contribution in [3.05, 3.63) is 29.6 Å². The first-order chi connectivity index (χ1) is 8.29. The zero-order valence-electron chi connectivity index (χ0n) is 10.2. The van der Waals surface area contributed by atoms with Crippen LogP contribution in [-0.2, 0) is 11.2 Å². The van der Waals surface area contributed by atoms with Crippen molar-refractivity contribution in [2.75, 3.05) is 26.4 Å². The number of para-hydroxylation sites is 1.